The SMILES string of the molecule is CC(C)[N](C)[Mo][N](C)C(C)C. The summed E-state index contributed by atoms with van der Waals surface area (Å²) in [6, 6.07) is 1.39. The Kier molecular flexibility index (Phi) is 5.58. The van der Waals surface area contributed by atoms with Crippen molar-refractivity contribution in [1.29, 1.82) is 0 Å². The molecule has 0 amide bonds. The van der Waals surface area contributed by atoms with Crippen LogP contribution in [0.3, 0.4) is 0 Å². The second-order valence-corrected chi connectivity index (χ2v) is 6.59. The first-order valence-electron chi connectivity index (χ1n) is 4.09. The molecule has 0 aromatic carbocycles. The van der Waals surface area contributed by atoms with E-state index >= 15 is 0 Å². The third-order valence-electron chi connectivity index (χ3n) is 1.71. The van der Waals surface area contributed by atoms with Crippen LogP contribution < -0.4 is 0 Å². The minimum atomic E-state index is -0.0902. The number of rotatable bonds is 4. The molecule has 0 rings (SSSR count). The quantitative estimate of drug-likeness (QED) is 0.688. The summed E-state index contributed by atoms with van der Waals surface area (Å²) >= 11 is -0.0902. The predicted octanol–water partition coefficient (Wildman–Crippen LogP) is 1.58. The Hall–Kier alpha value is 0.608. The van der Waals surface area contributed by atoms with Gasteiger partial charge in [-0.05, 0) is 0 Å². The third-order valence-corrected chi connectivity index (χ3v) is 5.05. The zero-order valence-corrected chi connectivity index (χ0v) is 10.5. The molecule has 0 unspecified atom stereocenters. The average Bonchev–Trinajstić information content (AvgIpc) is 1.87. The molecule has 2 nitrogen and oxygen atoms in total. The van der Waals surface area contributed by atoms with Crippen molar-refractivity contribution >= 4 is 0 Å². The van der Waals surface area contributed by atoms with Crippen molar-refractivity contribution in [3.63, 3.8) is 0 Å². The first-order chi connectivity index (χ1) is 4.95. The molecule has 0 aliphatic rings. The number of hydrogen-bond donors (Lipinski definition) is 0. The van der Waals surface area contributed by atoms with Gasteiger partial charge in [-0.1, -0.05) is 0 Å². The van der Waals surface area contributed by atoms with E-state index in [1.54, 1.807) is 0 Å². The molecular formula is C8H20MoN2. The van der Waals surface area contributed by atoms with Crippen molar-refractivity contribution in [3.05, 3.63) is 0 Å². The normalized spacial score (nSPS) is 12.5. The molecule has 0 saturated heterocycles. The summed E-state index contributed by atoms with van der Waals surface area (Å²) in [7, 11) is 4.43. The van der Waals surface area contributed by atoms with Gasteiger partial charge >= 0.3 is 79.9 Å². The third kappa shape index (κ3) is 4.95. The van der Waals surface area contributed by atoms with E-state index in [1.807, 2.05) is 0 Å². The molecule has 3 heteroatoms. The van der Waals surface area contributed by atoms with Crippen LogP contribution in [0.5, 0.6) is 0 Å². The second kappa shape index (κ2) is 5.29. The van der Waals surface area contributed by atoms with E-state index in [1.165, 1.54) is 0 Å². The van der Waals surface area contributed by atoms with Crippen LogP contribution in [-0.2, 0) is 19.1 Å². The Labute approximate surface area is 80.1 Å². The Bertz CT molecular complexity index is 92.3. The van der Waals surface area contributed by atoms with E-state index in [9.17, 15) is 0 Å². The number of hydrogen-bond acceptors (Lipinski definition) is 2. The Morgan fingerprint density at radius 1 is 0.818 bits per heavy atom. The van der Waals surface area contributed by atoms with Crippen LogP contribution in [0.1, 0.15) is 27.7 Å². The summed E-state index contributed by atoms with van der Waals surface area (Å²) in [6.07, 6.45) is 0. The summed E-state index contributed by atoms with van der Waals surface area (Å²) in [6.45, 7) is 9.00. The van der Waals surface area contributed by atoms with E-state index < -0.39 is 0 Å². The molecule has 0 saturated carbocycles. The van der Waals surface area contributed by atoms with Gasteiger partial charge in [0.1, 0.15) is 0 Å². The van der Waals surface area contributed by atoms with Gasteiger partial charge in [-0.3, -0.25) is 0 Å². The van der Waals surface area contributed by atoms with Gasteiger partial charge in [-0.15, -0.1) is 0 Å². The van der Waals surface area contributed by atoms with Crippen molar-refractivity contribution in [1.82, 2.24) is 6.92 Å². The van der Waals surface area contributed by atoms with Gasteiger partial charge in [-0.2, -0.15) is 0 Å². The molecule has 0 aromatic rings. The minimum absolute atomic E-state index is 0.0902. The van der Waals surface area contributed by atoms with Crippen LogP contribution in [0, 0.1) is 0 Å². The maximum atomic E-state index is 2.46. The van der Waals surface area contributed by atoms with Gasteiger partial charge in [0.15, 0.2) is 0 Å². The van der Waals surface area contributed by atoms with E-state index in [2.05, 4.69) is 48.7 Å². The van der Waals surface area contributed by atoms with Crippen LogP contribution in [0.4, 0.5) is 0 Å². The van der Waals surface area contributed by atoms with Gasteiger partial charge < -0.3 is 0 Å². The van der Waals surface area contributed by atoms with Gasteiger partial charge in [0, 0.05) is 0 Å². The molecule has 0 bridgehead atoms. The molecule has 0 atom stereocenters. The van der Waals surface area contributed by atoms with E-state index in [4.69, 9.17) is 0 Å². The molecule has 0 aliphatic carbocycles. The first kappa shape index (κ1) is 11.6. The predicted molar refractivity (Wildman–Crippen MR) is 45.8 cm³/mol. The van der Waals surface area contributed by atoms with Crippen LogP contribution in [0.15, 0.2) is 0 Å². The van der Waals surface area contributed by atoms with Crippen molar-refractivity contribution in [2.45, 2.75) is 39.8 Å². The second-order valence-electron chi connectivity index (χ2n) is 3.36. The van der Waals surface area contributed by atoms with Crippen LogP contribution in [-0.4, -0.2) is 33.1 Å². The van der Waals surface area contributed by atoms with Gasteiger partial charge in [0.2, 0.25) is 0 Å². The Balaban J connectivity index is 3.66. The fourth-order valence-corrected chi connectivity index (χ4v) is 2.32. The topological polar surface area (TPSA) is 6.48 Å². The zero-order valence-electron chi connectivity index (χ0n) is 8.46. The molecule has 0 aromatic heterocycles. The summed E-state index contributed by atoms with van der Waals surface area (Å²) in [5.74, 6) is 0. The van der Waals surface area contributed by atoms with Crippen molar-refractivity contribution in [2.75, 3.05) is 14.1 Å². The average molecular weight is 240 g/mol. The summed E-state index contributed by atoms with van der Waals surface area (Å²) in [5.41, 5.74) is 0. The van der Waals surface area contributed by atoms with Gasteiger partial charge in [0.25, 0.3) is 0 Å². The molecule has 0 N–H and O–H groups in total. The van der Waals surface area contributed by atoms with Crippen molar-refractivity contribution < 1.29 is 19.1 Å². The van der Waals surface area contributed by atoms with Gasteiger partial charge in [-0.25, -0.2) is 0 Å². The van der Waals surface area contributed by atoms with Crippen molar-refractivity contribution in [2.24, 2.45) is 0 Å². The monoisotopic (exact) mass is 242 g/mol. The van der Waals surface area contributed by atoms with E-state index in [0.29, 0.717) is 12.1 Å². The Morgan fingerprint density at radius 2 is 1.09 bits per heavy atom. The van der Waals surface area contributed by atoms with E-state index in [0.717, 1.165) is 0 Å². The fourth-order valence-electron chi connectivity index (χ4n) is 0.392. The molecule has 68 valence electrons. The summed E-state index contributed by atoms with van der Waals surface area (Å²) < 4.78 is 4.93. The molecule has 0 fully saturated rings. The van der Waals surface area contributed by atoms with Crippen LogP contribution >= 0.6 is 0 Å². The first-order valence-corrected chi connectivity index (χ1v) is 5.88. The molecule has 11 heavy (non-hydrogen) atoms. The zero-order chi connectivity index (χ0) is 9.02. The maximum absolute atomic E-state index is 2.46. The van der Waals surface area contributed by atoms with Gasteiger partial charge in [0.05, 0.1) is 0 Å². The molecule has 0 radical (unpaired) electrons. The Morgan fingerprint density at radius 3 is 1.27 bits per heavy atom. The molecule has 0 aliphatic heterocycles. The summed E-state index contributed by atoms with van der Waals surface area (Å²) in [5, 5.41) is 0. The molecule has 0 heterocycles. The molecular weight excluding hydrogens is 220 g/mol. The number of nitrogens with zero attached hydrogens (tertiary/aromatic N) is 2. The fraction of sp³-hybridized carbons (Fsp3) is 1.00. The van der Waals surface area contributed by atoms with Crippen molar-refractivity contribution in [3.8, 4) is 0 Å². The van der Waals surface area contributed by atoms with E-state index in [-0.39, 0.29) is 19.1 Å². The standard InChI is InChI=1S/2C4H10N.Mo/c2*1-4(2)5-3;/h2*4H,1-3H3;/q2*-1;+2. The summed E-state index contributed by atoms with van der Waals surface area (Å²) in [4.78, 5) is 0. The molecule has 0 spiro atoms. The van der Waals surface area contributed by atoms with Crippen LogP contribution in [0.25, 0.3) is 0 Å². The van der Waals surface area contributed by atoms with Crippen LogP contribution in [0.2, 0.25) is 0 Å².